The maximum absolute atomic E-state index is 5.67. The first-order chi connectivity index (χ1) is 10.8. The minimum atomic E-state index is 0.296. The van der Waals surface area contributed by atoms with Crippen LogP contribution in [-0.4, -0.2) is 36.5 Å². The van der Waals surface area contributed by atoms with E-state index in [0.29, 0.717) is 18.6 Å². The lowest BCUT2D eigenvalue weighted by molar-refractivity contribution is 0.0574. The summed E-state index contributed by atoms with van der Waals surface area (Å²) >= 11 is 0. The predicted octanol–water partition coefficient (Wildman–Crippen LogP) is 3.65. The van der Waals surface area contributed by atoms with Gasteiger partial charge in [0.15, 0.2) is 0 Å². The monoisotopic (exact) mass is 300 g/mol. The third-order valence-corrected chi connectivity index (χ3v) is 4.29. The molecule has 1 saturated heterocycles. The first-order valence-corrected chi connectivity index (χ1v) is 8.00. The van der Waals surface area contributed by atoms with Crippen molar-refractivity contribution < 1.29 is 9.47 Å². The molecule has 3 rings (SSSR count). The van der Waals surface area contributed by atoms with Gasteiger partial charge in [-0.1, -0.05) is 37.3 Å². The minimum absolute atomic E-state index is 0.296. The molecule has 118 valence electrons. The third-order valence-electron chi connectivity index (χ3n) is 4.29. The molecule has 2 atom stereocenters. The van der Waals surface area contributed by atoms with E-state index in [4.69, 9.17) is 14.5 Å². The Kier molecular flexibility index (Phi) is 4.90. The van der Waals surface area contributed by atoms with E-state index >= 15 is 0 Å². The van der Waals surface area contributed by atoms with Crippen LogP contribution in [0.25, 0.3) is 11.3 Å². The van der Waals surface area contributed by atoms with E-state index in [9.17, 15) is 0 Å². The highest BCUT2D eigenvalue weighted by molar-refractivity contribution is 5.62. The predicted molar refractivity (Wildman–Crippen MR) is 87.0 cm³/mol. The van der Waals surface area contributed by atoms with Crippen LogP contribution in [0.5, 0.6) is 0 Å². The van der Waals surface area contributed by atoms with Gasteiger partial charge < -0.3 is 14.0 Å². The number of methoxy groups -OCH3 is 1. The zero-order valence-corrected chi connectivity index (χ0v) is 13.4. The van der Waals surface area contributed by atoms with E-state index in [0.717, 1.165) is 37.3 Å². The van der Waals surface area contributed by atoms with Crippen molar-refractivity contribution in [3.05, 3.63) is 42.4 Å². The molecule has 0 radical (unpaired) electrons. The SMILES string of the molecule is COCC(C)c1c(-c2ccccc2)ncn1C1CCCOC1. The van der Waals surface area contributed by atoms with E-state index in [2.05, 4.69) is 35.8 Å². The van der Waals surface area contributed by atoms with Gasteiger partial charge in [-0.05, 0) is 12.8 Å². The Balaban J connectivity index is 2.01. The standard InChI is InChI=1S/C18H24N2O2/c1-14(11-21-2)18-17(15-7-4-3-5-8-15)19-13-20(18)16-9-6-10-22-12-16/h3-5,7-8,13-14,16H,6,9-12H2,1-2H3. The van der Waals surface area contributed by atoms with Gasteiger partial charge in [0.2, 0.25) is 0 Å². The van der Waals surface area contributed by atoms with Gasteiger partial charge >= 0.3 is 0 Å². The largest absolute Gasteiger partial charge is 0.384 e. The molecule has 0 amide bonds. The summed E-state index contributed by atoms with van der Waals surface area (Å²) in [6.45, 7) is 4.54. The van der Waals surface area contributed by atoms with E-state index in [1.165, 1.54) is 5.69 Å². The molecule has 0 saturated carbocycles. The Hall–Kier alpha value is -1.65. The zero-order chi connectivity index (χ0) is 15.4. The van der Waals surface area contributed by atoms with E-state index in [1.54, 1.807) is 7.11 Å². The number of benzene rings is 1. The summed E-state index contributed by atoms with van der Waals surface area (Å²) in [5.41, 5.74) is 3.48. The van der Waals surface area contributed by atoms with Crippen molar-refractivity contribution >= 4 is 0 Å². The van der Waals surface area contributed by atoms with Crippen molar-refractivity contribution in [2.24, 2.45) is 0 Å². The number of imidazole rings is 1. The average molecular weight is 300 g/mol. The summed E-state index contributed by atoms with van der Waals surface area (Å²) < 4.78 is 13.4. The molecule has 0 spiro atoms. The number of hydrogen-bond donors (Lipinski definition) is 0. The molecule has 1 fully saturated rings. The second-order valence-corrected chi connectivity index (χ2v) is 5.98. The molecular weight excluding hydrogens is 276 g/mol. The van der Waals surface area contributed by atoms with Gasteiger partial charge in [0.05, 0.1) is 37.0 Å². The molecule has 1 aliphatic heterocycles. The summed E-state index contributed by atoms with van der Waals surface area (Å²) in [5.74, 6) is 0.296. The first kappa shape index (κ1) is 15.3. The third kappa shape index (κ3) is 3.08. The molecule has 4 nitrogen and oxygen atoms in total. The van der Waals surface area contributed by atoms with E-state index < -0.39 is 0 Å². The van der Waals surface area contributed by atoms with E-state index in [-0.39, 0.29) is 0 Å². The molecule has 22 heavy (non-hydrogen) atoms. The van der Waals surface area contributed by atoms with Crippen LogP contribution in [-0.2, 0) is 9.47 Å². The van der Waals surface area contributed by atoms with Crippen molar-refractivity contribution in [3.8, 4) is 11.3 Å². The Morgan fingerprint density at radius 1 is 1.36 bits per heavy atom. The van der Waals surface area contributed by atoms with Gasteiger partial charge in [-0.25, -0.2) is 4.98 Å². The van der Waals surface area contributed by atoms with Crippen LogP contribution in [0.2, 0.25) is 0 Å². The fourth-order valence-electron chi connectivity index (χ4n) is 3.24. The Morgan fingerprint density at radius 3 is 2.86 bits per heavy atom. The number of aromatic nitrogens is 2. The molecule has 2 aromatic rings. The highest BCUT2D eigenvalue weighted by Gasteiger charge is 2.24. The van der Waals surface area contributed by atoms with Crippen LogP contribution in [0, 0.1) is 0 Å². The Bertz CT molecular complexity index is 588. The lowest BCUT2D eigenvalue weighted by atomic mass is 10.0. The molecular formula is C18H24N2O2. The number of hydrogen-bond acceptors (Lipinski definition) is 3. The van der Waals surface area contributed by atoms with Crippen molar-refractivity contribution in [3.63, 3.8) is 0 Å². The van der Waals surface area contributed by atoms with Gasteiger partial charge in [0, 0.05) is 25.2 Å². The van der Waals surface area contributed by atoms with Crippen molar-refractivity contribution in [2.45, 2.75) is 31.7 Å². The Labute approximate surface area is 132 Å². The van der Waals surface area contributed by atoms with Gasteiger partial charge in [0.1, 0.15) is 0 Å². The minimum Gasteiger partial charge on any atom is -0.384 e. The van der Waals surface area contributed by atoms with Crippen LogP contribution < -0.4 is 0 Å². The van der Waals surface area contributed by atoms with Crippen molar-refractivity contribution in [1.82, 2.24) is 9.55 Å². The second kappa shape index (κ2) is 7.07. The molecule has 0 aliphatic carbocycles. The molecule has 0 N–H and O–H groups in total. The summed E-state index contributed by atoms with van der Waals surface area (Å²) in [7, 11) is 1.75. The Morgan fingerprint density at radius 2 is 2.18 bits per heavy atom. The van der Waals surface area contributed by atoms with Crippen molar-refractivity contribution in [2.75, 3.05) is 26.9 Å². The highest BCUT2D eigenvalue weighted by Crippen LogP contribution is 2.32. The average Bonchev–Trinajstić information content (AvgIpc) is 3.02. The fraction of sp³-hybridized carbons (Fsp3) is 0.500. The first-order valence-electron chi connectivity index (χ1n) is 8.00. The lowest BCUT2D eigenvalue weighted by Gasteiger charge is -2.27. The van der Waals surface area contributed by atoms with Crippen LogP contribution in [0.4, 0.5) is 0 Å². The molecule has 2 heterocycles. The van der Waals surface area contributed by atoms with Gasteiger partial charge in [0.25, 0.3) is 0 Å². The number of nitrogens with zero attached hydrogens (tertiary/aromatic N) is 2. The summed E-state index contributed by atoms with van der Waals surface area (Å²) in [6.07, 6.45) is 4.24. The van der Waals surface area contributed by atoms with Gasteiger partial charge in [-0.2, -0.15) is 0 Å². The number of rotatable bonds is 5. The smallest absolute Gasteiger partial charge is 0.0959 e. The van der Waals surface area contributed by atoms with Crippen LogP contribution >= 0.6 is 0 Å². The fourth-order valence-corrected chi connectivity index (χ4v) is 3.24. The van der Waals surface area contributed by atoms with E-state index in [1.807, 2.05) is 12.4 Å². The second-order valence-electron chi connectivity index (χ2n) is 5.98. The van der Waals surface area contributed by atoms with Crippen LogP contribution in [0.1, 0.15) is 37.4 Å². The molecule has 2 unspecified atom stereocenters. The van der Waals surface area contributed by atoms with Gasteiger partial charge in [-0.3, -0.25) is 0 Å². The van der Waals surface area contributed by atoms with Gasteiger partial charge in [-0.15, -0.1) is 0 Å². The quantitative estimate of drug-likeness (QED) is 0.845. The summed E-state index contributed by atoms with van der Waals surface area (Å²) in [4.78, 5) is 4.72. The lowest BCUT2D eigenvalue weighted by Crippen LogP contribution is -2.23. The van der Waals surface area contributed by atoms with Crippen LogP contribution in [0.15, 0.2) is 36.7 Å². The zero-order valence-electron chi connectivity index (χ0n) is 13.4. The molecule has 0 bridgehead atoms. The highest BCUT2D eigenvalue weighted by atomic mass is 16.5. The topological polar surface area (TPSA) is 36.3 Å². The summed E-state index contributed by atoms with van der Waals surface area (Å²) in [5, 5.41) is 0. The maximum atomic E-state index is 5.67. The summed E-state index contributed by atoms with van der Waals surface area (Å²) in [6, 6.07) is 10.8. The molecule has 1 aromatic carbocycles. The molecule has 1 aliphatic rings. The normalized spacial score (nSPS) is 20.0. The maximum Gasteiger partial charge on any atom is 0.0959 e. The van der Waals surface area contributed by atoms with Crippen molar-refractivity contribution in [1.29, 1.82) is 0 Å². The molecule has 4 heteroatoms. The molecule has 1 aromatic heterocycles. The van der Waals surface area contributed by atoms with Crippen LogP contribution in [0.3, 0.4) is 0 Å². The number of ether oxygens (including phenoxy) is 2.